The minimum absolute atomic E-state index is 0.0631. The van der Waals surface area contributed by atoms with Gasteiger partial charge in [-0.15, -0.1) is 0 Å². The summed E-state index contributed by atoms with van der Waals surface area (Å²) in [6, 6.07) is 6.99. The van der Waals surface area contributed by atoms with E-state index in [1.165, 1.54) is 0 Å². The molecule has 1 radical (unpaired) electrons. The maximum absolute atomic E-state index is 10.9. The van der Waals surface area contributed by atoms with Crippen LogP contribution in [0.3, 0.4) is 0 Å². The molecule has 0 saturated heterocycles. The highest BCUT2D eigenvalue weighted by molar-refractivity contribution is 5.59. The van der Waals surface area contributed by atoms with Crippen molar-refractivity contribution in [3.8, 4) is 5.75 Å². The summed E-state index contributed by atoms with van der Waals surface area (Å²) in [4.78, 5) is 20.6. The van der Waals surface area contributed by atoms with Gasteiger partial charge in [-0.05, 0) is 17.7 Å². The number of hydrogen-bond donors (Lipinski definition) is 0. The topological polar surface area (TPSA) is 71.1 Å². The van der Waals surface area contributed by atoms with E-state index in [1.54, 1.807) is 31.4 Å². The zero-order chi connectivity index (χ0) is 12.5. The van der Waals surface area contributed by atoms with Gasteiger partial charge in [-0.1, -0.05) is 12.1 Å². The lowest BCUT2D eigenvalue weighted by Crippen LogP contribution is -2.09. The van der Waals surface area contributed by atoms with Gasteiger partial charge in [0.05, 0.1) is 7.11 Å². The Morgan fingerprint density at radius 2 is 1.94 bits per heavy atom. The molecule has 1 aromatic rings. The fourth-order valence-corrected chi connectivity index (χ4v) is 1.01. The third-order valence-corrected chi connectivity index (χ3v) is 1.81. The van der Waals surface area contributed by atoms with Crippen molar-refractivity contribution >= 4 is 12.6 Å². The second kappa shape index (κ2) is 7.10. The Morgan fingerprint density at radius 3 is 2.53 bits per heavy atom. The van der Waals surface area contributed by atoms with Crippen molar-refractivity contribution in [1.82, 2.24) is 0 Å². The predicted octanol–water partition coefficient (Wildman–Crippen LogP) is 1.39. The first-order valence-electron chi connectivity index (χ1n) is 4.67. The number of carbonyl (C=O) groups excluding carboxylic acids is 2. The van der Waals surface area contributed by atoms with E-state index in [1.807, 2.05) is 0 Å². The average molecular weight is 239 g/mol. The summed E-state index contributed by atoms with van der Waals surface area (Å²) in [5, 5.41) is 0. The maximum Gasteiger partial charge on any atom is 0.511 e. The fraction of sp³-hybridized carbons (Fsp3) is 0.273. The number of rotatable bonds is 6. The molecule has 0 aromatic heterocycles. The van der Waals surface area contributed by atoms with Gasteiger partial charge in [0.25, 0.3) is 0 Å². The molecule has 0 aliphatic carbocycles. The molecular weight excluding hydrogens is 228 g/mol. The molecule has 1 aromatic carbocycles. The fourth-order valence-electron chi connectivity index (χ4n) is 1.01. The van der Waals surface area contributed by atoms with Gasteiger partial charge < -0.3 is 18.9 Å². The third-order valence-electron chi connectivity index (χ3n) is 1.81. The van der Waals surface area contributed by atoms with E-state index in [-0.39, 0.29) is 6.61 Å². The Balaban J connectivity index is 2.29. The number of methoxy groups -OCH3 is 1. The van der Waals surface area contributed by atoms with Crippen molar-refractivity contribution in [2.24, 2.45) is 0 Å². The zero-order valence-corrected chi connectivity index (χ0v) is 9.17. The van der Waals surface area contributed by atoms with E-state index in [0.717, 1.165) is 12.0 Å². The van der Waals surface area contributed by atoms with Crippen molar-refractivity contribution in [2.75, 3.05) is 13.9 Å². The molecule has 1 rings (SSSR count). The van der Waals surface area contributed by atoms with Crippen LogP contribution < -0.4 is 4.74 Å². The van der Waals surface area contributed by atoms with Crippen LogP contribution in [0.5, 0.6) is 5.75 Å². The highest BCUT2D eigenvalue weighted by Crippen LogP contribution is 2.12. The summed E-state index contributed by atoms with van der Waals surface area (Å²) >= 11 is 0. The monoisotopic (exact) mass is 239 g/mol. The molecule has 0 N–H and O–H groups in total. The van der Waals surface area contributed by atoms with Gasteiger partial charge in [-0.2, -0.15) is 0 Å². The quantitative estimate of drug-likeness (QED) is 0.424. The normalized spacial score (nSPS) is 9.24. The number of hydrogen-bond acceptors (Lipinski definition) is 6. The van der Waals surface area contributed by atoms with E-state index >= 15 is 0 Å². The van der Waals surface area contributed by atoms with Crippen LogP contribution in [0.1, 0.15) is 5.56 Å². The largest absolute Gasteiger partial charge is 0.511 e. The summed E-state index contributed by atoms with van der Waals surface area (Å²) in [7, 11) is 1.56. The lowest BCUT2D eigenvalue weighted by atomic mass is 10.2. The molecule has 0 unspecified atom stereocenters. The van der Waals surface area contributed by atoms with Crippen LogP contribution in [0.4, 0.5) is 4.79 Å². The van der Waals surface area contributed by atoms with E-state index in [2.05, 4.69) is 9.47 Å². The molecule has 0 amide bonds. The molecule has 91 valence electrons. The van der Waals surface area contributed by atoms with E-state index in [4.69, 9.17) is 9.47 Å². The van der Waals surface area contributed by atoms with Crippen LogP contribution in [0, 0.1) is 0 Å². The Hall–Kier alpha value is -2.24. The van der Waals surface area contributed by atoms with Gasteiger partial charge >= 0.3 is 12.6 Å². The van der Waals surface area contributed by atoms with Crippen molar-refractivity contribution in [2.45, 2.75) is 6.61 Å². The Morgan fingerprint density at radius 1 is 1.24 bits per heavy atom. The molecule has 6 heteroatoms. The second-order valence-corrected chi connectivity index (χ2v) is 2.88. The van der Waals surface area contributed by atoms with Gasteiger partial charge in [-0.3, -0.25) is 0 Å². The smallest absolute Gasteiger partial charge is 0.497 e. The Bertz CT molecular complexity index is 359. The highest BCUT2D eigenvalue weighted by Gasteiger charge is 2.04. The van der Waals surface area contributed by atoms with Gasteiger partial charge in [0, 0.05) is 0 Å². The lowest BCUT2D eigenvalue weighted by molar-refractivity contribution is -0.00427. The molecule has 0 heterocycles. The Kier molecular flexibility index (Phi) is 5.36. The van der Waals surface area contributed by atoms with Crippen LogP contribution in [0.15, 0.2) is 24.3 Å². The van der Waals surface area contributed by atoms with Crippen LogP contribution in [-0.4, -0.2) is 26.5 Å². The van der Waals surface area contributed by atoms with Crippen molar-refractivity contribution in [3.05, 3.63) is 29.8 Å². The molecule has 0 aliphatic rings. The molecule has 0 bridgehead atoms. The van der Waals surface area contributed by atoms with Crippen LogP contribution in [0.25, 0.3) is 0 Å². The summed E-state index contributed by atoms with van der Waals surface area (Å²) in [5.74, 6) is 0.714. The molecule has 0 atom stereocenters. The summed E-state index contributed by atoms with van der Waals surface area (Å²) in [5.41, 5.74) is 0.783. The first kappa shape index (κ1) is 12.8. The summed E-state index contributed by atoms with van der Waals surface area (Å²) < 4.78 is 18.1. The molecule has 0 aliphatic heterocycles. The lowest BCUT2D eigenvalue weighted by Gasteiger charge is -2.05. The van der Waals surface area contributed by atoms with Gasteiger partial charge in [0.1, 0.15) is 12.4 Å². The molecule has 0 saturated carbocycles. The molecular formula is C11H11O6. The summed E-state index contributed by atoms with van der Waals surface area (Å²) in [6.07, 6.45) is -0.920. The molecule has 17 heavy (non-hydrogen) atoms. The first-order valence-corrected chi connectivity index (χ1v) is 4.67. The molecule has 6 nitrogen and oxygen atoms in total. The maximum atomic E-state index is 10.9. The van der Waals surface area contributed by atoms with Gasteiger partial charge in [-0.25, -0.2) is 9.59 Å². The van der Waals surface area contributed by atoms with E-state index in [9.17, 15) is 9.59 Å². The van der Waals surface area contributed by atoms with Crippen LogP contribution in [0.2, 0.25) is 0 Å². The average Bonchev–Trinajstić information content (AvgIpc) is 2.37. The Labute approximate surface area is 98.0 Å². The van der Waals surface area contributed by atoms with Crippen molar-refractivity contribution in [3.63, 3.8) is 0 Å². The standard InChI is InChI=1S/C11H11O6/c1-14-10-4-2-9(3-5-10)6-16-11(13)17-8-15-7-12/h2-5H,6,8H2,1H3. The first-order chi connectivity index (χ1) is 8.26. The highest BCUT2D eigenvalue weighted by atomic mass is 16.8. The molecule has 0 spiro atoms. The number of carbonyl (C=O) groups is 1. The van der Waals surface area contributed by atoms with Crippen molar-refractivity contribution < 1.29 is 28.5 Å². The third kappa shape index (κ3) is 4.87. The zero-order valence-electron chi connectivity index (χ0n) is 9.17. The predicted molar refractivity (Wildman–Crippen MR) is 55.9 cm³/mol. The molecule has 0 fully saturated rings. The van der Waals surface area contributed by atoms with Gasteiger partial charge in [0.2, 0.25) is 6.79 Å². The van der Waals surface area contributed by atoms with E-state index in [0.29, 0.717) is 5.75 Å². The minimum atomic E-state index is -0.920. The van der Waals surface area contributed by atoms with Gasteiger partial charge in [0.15, 0.2) is 0 Å². The number of benzene rings is 1. The number of ether oxygens (including phenoxy) is 4. The van der Waals surface area contributed by atoms with Crippen LogP contribution >= 0.6 is 0 Å². The van der Waals surface area contributed by atoms with E-state index < -0.39 is 12.9 Å². The minimum Gasteiger partial charge on any atom is -0.497 e. The second-order valence-electron chi connectivity index (χ2n) is 2.88. The van der Waals surface area contributed by atoms with Crippen molar-refractivity contribution in [1.29, 1.82) is 0 Å². The SMILES string of the molecule is COc1ccc(COC(=O)OCO[C]=O)cc1. The summed E-state index contributed by atoms with van der Waals surface area (Å²) in [6.45, 7) is 0.667. The van der Waals surface area contributed by atoms with Crippen LogP contribution in [-0.2, 0) is 25.6 Å².